The first-order valence-electron chi connectivity index (χ1n) is 9.54. The van der Waals surface area contributed by atoms with Gasteiger partial charge in [-0.2, -0.15) is 5.01 Å². The average Bonchev–Trinajstić information content (AvgIpc) is 3.23. The molecule has 10 heteroatoms. The number of nitrogens with zero attached hydrogens (tertiary/aromatic N) is 2. The fraction of sp³-hybridized carbons (Fsp3) is 0.318. The molecule has 3 rings (SSSR count). The van der Waals surface area contributed by atoms with E-state index in [1.54, 1.807) is 30.3 Å². The van der Waals surface area contributed by atoms with E-state index in [-0.39, 0.29) is 17.6 Å². The van der Waals surface area contributed by atoms with Crippen LogP contribution in [-0.2, 0) is 14.3 Å². The minimum absolute atomic E-state index is 0.187. The lowest BCUT2D eigenvalue weighted by atomic mass is 10.1. The highest BCUT2D eigenvalue weighted by Crippen LogP contribution is 2.42. The van der Waals surface area contributed by atoms with Crippen molar-refractivity contribution in [3.05, 3.63) is 41.5 Å². The molecule has 0 aliphatic carbocycles. The van der Waals surface area contributed by atoms with Crippen molar-refractivity contribution in [2.24, 2.45) is 5.10 Å². The van der Waals surface area contributed by atoms with Crippen LogP contribution in [0.4, 0.5) is 0 Å². The molecule has 1 amide bonds. The summed E-state index contributed by atoms with van der Waals surface area (Å²) in [6.07, 6.45) is -0.865. The first-order chi connectivity index (χ1) is 15.3. The Kier molecular flexibility index (Phi) is 6.72. The topological polar surface area (TPSA) is 105 Å². The van der Waals surface area contributed by atoms with Gasteiger partial charge in [-0.1, -0.05) is 0 Å². The molecule has 1 aliphatic rings. The van der Waals surface area contributed by atoms with E-state index < -0.39 is 12.2 Å². The Labute approximate surface area is 185 Å². The van der Waals surface area contributed by atoms with E-state index in [0.29, 0.717) is 34.1 Å². The molecule has 0 N–H and O–H groups in total. The van der Waals surface area contributed by atoms with Gasteiger partial charge in [0.2, 0.25) is 23.8 Å². The first kappa shape index (κ1) is 22.7. The molecule has 0 saturated carbocycles. The molecule has 1 heterocycles. The van der Waals surface area contributed by atoms with Crippen molar-refractivity contribution >= 4 is 17.8 Å². The number of benzene rings is 2. The zero-order valence-corrected chi connectivity index (χ0v) is 18.6. The summed E-state index contributed by atoms with van der Waals surface area (Å²) in [5, 5.41) is 5.55. The number of hydrogen-bond donors (Lipinski definition) is 0. The molecule has 0 spiro atoms. The van der Waals surface area contributed by atoms with Crippen LogP contribution in [0.5, 0.6) is 28.7 Å². The highest BCUT2D eigenvalue weighted by atomic mass is 16.6. The van der Waals surface area contributed by atoms with Crippen molar-refractivity contribution in [1.82, 2.24) is 5.01 Å². The number of carbonyl (C=O) groups is 2. The third-order valence-electron chi connectivity index (χ3n) is 4.60. The van der Waals surface area contributed by atoms with Gasteiger partial charge in [0.05, 0.1) is 28.4 Å². The zero-order valence-electron chi connectivity index (χ0n) is 18.6. The molecular weight excluding hydrogens is 420 g/mol. The van der Waals surface area contributed by atoms with Crippen LogP contribution in [0, 0.1) is 0 Å². The molecule has 1 atom stereocenters. The maximum absolute atomic E-state index is 12.3. The lowest BCUT2D eigenvalue weighted by molar-refractivity contribution is -0.135. The number of carbonyl (C=O) groups excluding carboxylic acids is 2. The van der Waals surface area contributed by atoms with Gasteiger partial charge in [-0.25, -0.2) is 0 Å². The van der Waals surface area contributed by atoms with Gasteiger partial charge < -0.3 is 28.4 Å². The average molecular weight is 444 g/mol. The standard InChI is InChI=1S/C22H24N2O8/c1-12(25)24-22(15-10-18(28-4)20(30-6)19(11-15)29-5)32-21(23-24)14-7-8-16(31-13(2)26)17(9-14)27-3/h7-11,22H,1-6H3. The third kappa shape index (κ3) is 4.39. The van der Waals surface area contributed by atoms with Crippen molar-refractivity contribution < 1.29 is 38.0 Å². The lowest BCUT2D eigenvalue weighted by Gasteiger charge is -2.21. The smallest absolute Gasteiger partial charge is 0.308 e. The second-order valence-corrected chi connectivity index (χ2v) is 6.66. The van der Waals surface area contributed by atoms with E-state index in [0.717, 1.165) is 0 Å². The summed E-state index contributed by atoms with van der Waals surface area (Å²) in [6.45, 7) is 2.68. The summed E-state index contributed by atoms with van der Waals surface area (Å²) in [4.78, 5) is 23.6. The highest BCUT2D eigenvalue weighted by molar-refractivity contribution is 5.97. The van der Waals surface area contributed by atoms with E-state index in [9.17, 15) is 9.59 Å². The fourth-order valence-electron chi connectivity index (χ4n) is 3.18. The van der Waals surface area contributed by atoms with E-state index in [4.69, 9.17) is 28.4 Å². The van der Waals surface area contributed by atoms with Crippen LogP contribution in [0.3, 0.4) is 0 Å². The van der Waals surface area contributed by atoms with Gasteiger partial charge in [-0.15, -0.1) is 5.10 Å². The van der Waals surface area contributed by atoms with Gasteiger partial charge in [-0.05, 0) is 30.3 Å². The molecule has 0 bridgehead atoms. The summed E-state index contributed by atoms with van der Waals surface area (Å²) in [5.41, 5.74) is 1.09. The Morgan fingerprint density at radius 3 is 2.00 bits per heavy atom. The van der Waals surface area contributed by atoms with Crippen molar-refractivity contribution in [2.45, 2.75) is 20.1 Å². The van der Waals surface area contributed by atoms with Crippen LogP contribution in [0.1, 0.15) is 31.2 Å². The molecule has 170 valence electrons. The number of methoxy groups -OCH3 is 4. The zero-order chi connectivity index (χ0) is 23.4. The van der Waals surface area contributed by atoms with Crippen LogP contribution >= 0.6 is 0 Å². The number of ether oxygens (including phenoxy) is 6. The second-order valence-electron chi connectivity index (χ2n) is 6.66. The fourth-order valence-corrected chi connectivity index (χ4v) is 3.18. The molecule has 32 heavy (non-hydrogen) atoms. The SMILES string of the molecule is COc1cc(C2=NN(C(C)=O)C(c3cc(OC)c(OC)c(OC)c3)O2)ccc1OC(C)=O. The largest absolute Gasteiger partial charge is 0.493 e. The van der Waals surface area contributed by atoms with Gasteiger partial charge in [0.1, 0.15) is 0 Å². The van der Waals surface area contributed by atoms with Gasteiger partial charge in [0.15, 0.2) is 23.0 Å². The molecule has 1 unspecified atom stereocenters. The van der Waals surface area contributed by atoms with Crippen molar-refractivity contribution in [2.75, 3.05) is 28.4 Å². The van der Waals surface area contributed by atoms with E-state index in [1.807, 2.05) is 0 Å². The summed E-state index contributed by atoms with van der Waals surface area (Å²) in [7, 11) is 5.95. The molecule has 2 aromatic carbocycles. The van der Waals surface area contributed by atoms with Crippen LogP contribution in [0.15, 0.2) is 35.4 Å². The molecule has 0 aromatic heterocycles. The Morgan fingerprint density at radius 1 is 0.875 bits per heavy atom. The predicted molar refractivity (Wildman–Crippen MR) is 113 cm³/mol. The maximum atomic E-state index is 12.3. The van der Waals surface area contributed by atoms with E-state index >= 15 is 0 Å². The molecule has 10 nitrogen and oxygen atoms in total. The van der Waals surface area contributed by atoms with Gasteiger partial charge in [0.25, 0.3) is 0 Å². The first-order valence-corrected chi connectivity index (χ1v) is 9.54. The van der Waals surface area contributed by atoms with Crippen molar-refractivity contribution in [3.8, 4) is 28.7 Å². The maximum Gasteiger partial charge on any atom is 0.308 e. The lowest BCUT2D eigenvalue weighted by Crippen LogP contribution is -2.25. The minimum Gasteiger partial charge on any atom is -0.493 e. The minimum atomic E-state index is -0.865. The van der Waals surface area contributed by atoms with Crippen LogP contribution in [-0.4, -0.2) is 51.2 Å². The molecule has 2 aromatic rings. The number of hydrazone groups is 1. The Hall–Kier alpha value is -3.95. The van der Waals surface area contributed by atoms with Gasteiger partial charge in [-0.3, -0.25) is 9.59 Å². The highest BCUT2D eigenvalue weighted by Gasteiger charge is 2.35. The Morgan fingerprint density at radius 2 is 1.50 bits per heavy atom. The van der Waals surface area contributed by atoms with Crippen LogP contribution < -0.4 is 23.7 Å². The summed E-state index contributed by atoms with van der Waals surface area (Å²) < 4.78 is 32.6. The van der Waals surface area contributed by atoms with Gasteiger partial charge >= 0.3 is 5.97 Å². The van der Waals surface area contributed by atoms with Gasteiger partial charge in [0, 0.05) is 25.0 Å². The number of rotatable bonds is 7. The number of amides is 1. The molecule has 0 saturated heterocycles. The second kappa shape index (κ2) is 9.46. The van der Waals surface area contributed by atoms with Crippen LogP contribution in [0.25, 0.3) is 0 Å². The molecule has 1 aliphatic heterocycles. The quantitative estimate of drug-likeness (QED) is 0.474. The molecular formula is C22H24N2O8. The van der Waals surface area contributed by atoms with Crippen molar-refractivity contribution in [3.63, 3.8) is 0 Å². The van der Waals surface area contributed by atoms with Crippen LogP contribution in [0.2, 0.25) is 0 Å². The van der Waals surface area contributed by atoms with Crippen molar-refractivity contribution in [1.29, 1.82) is 0 Å². The molecule has 0 fully saturated rings. The normalized spacial score (nSPS) is 14.9. The molecule has 0 radical (unpaired) electrons. The Bertz CT molecular complexity index is 1040. The Balaban J connectivity index is 2.00. The number of hydrogen-bond acceptors (Lipinski definition) is 9. The summed E-state index contributed by atoms with van der Waals surface area (Å²) >= 11 is 0. The van der Waals surface area contributed by atoms with E-state index in [1.165, 1.54) is 47.3 Å². The number of esters is 1. The summed E-state index contributed by atoms with van der Waals surface area (Å²) in [5.74, 6) is 1.19. The monoisotopic (exact) mass is 444 g/mol. The summed E-state index contributed by atoms with van der Waals surface area (Å²) in [6, 6.07) is 8.18. The third-order valence-corrected chi connectivity index (χ3v) is 4.60. The predicted octanol–water partition coefficient (Wildman–Crippen LogP) is 2.89. The van der Waals surface area contributed by atoms with E-state index in [2.05, 4.69) is 5.10 Å².